The van der Waals surface area contributed by atoms with E-state index >= 15 is 0 Å². The number of amides is 1. The number of carboxylic acid groups (broad SMARTS) is 1. The summed E-state index contributed by atoms with van der Waals surface area (Å²) in [5, 5.41) is 14.9. The molecule has 0 radical (unpaired) electrons. The van der Waals surface area contributed by atoms with Crippen molar-refractivity contribution in [1.29, 1.82) is 0 Å². The van der Waals surface area contributed by atoms with Crippen LogP contribution in [0.4, 0.5) is 4.79 Å². The summed E-state index contributed by atoms with van der Waals surface area (Å²) in [6.07, 6.45) is 3.37. The first kappa shape index (κ1) is 20.7. The maximum absolute atomic E-state index is 11.7. The normalized spacial score (nSPS) is 14.2. The van der Waals surface area contributed by atoms with Gasteiger partial charge >= 0.3 is 12.1 Å². The van der Waals surface area contributed by atoms with Crippen molar-refractivity contribution < 1.29 is 19.4 Å². The average Bonchev–Trinajstić information content (AvgIpc) is 2.37. The van der Waals surface area contributed by atoms with Gasteiger partial charge in [0, 0.05) is 25.0 Å². The zero-order chi connectivity index (χ0) is 17.2. The fourth-order valence-corrected chi connectivity index (χ4v) is 2.04. The molecule has 0 fully saturated rings. The molecule has 0 aliphatic heterocycles. The molecule has 0 aliphatic rings. The summed E-state index contributed by atoms with van der Waals surface area (Å²) in [5.74, 6) is -0.786. The minimum absolute atomic E-state index is 0.0957. The van der Waals surface area contributed by atoms with Crippen LogP contribution in [-0.2, 0) is 9.53 Å². The van der Waals surface area contributed by atoms with E-state index in [9.17, 15) is 9.59 Å². The molecule has 0 aromatic rings. The number of carbonyl (C=O) groups is 2. The van der Waals surface area contributed by atoms with Crippen molar-refractivity contribution in [2.75, 3.05) is 6.54 Å². The van der Waals surface area contributed by atoms with Crippen LogP contribution in [-0.4, -0.2) is 41.4 Å². The van der Waals surface area contributed by atoms with Crippen molar-refractivity contribution in [3.05, 3.63) is 0 Å². The molecule has 0 saturated heterocycles. The number of ether oxygens (including phenoxy) is 1. The number of hydrogen-bond acceptors (Lipinski definition) is 4. The molecular formula is C16H32N2O4. The SMILES string of the molecule is CCCCC(CNC(=O)OC(C)(C)C)NC(C)CCC(=O)O. The van der Waals surface area contributed by atoms with Gasteiger partial charge in [-0.1, -0.05) is 19.8 Å². The van der Waals surface area contributed by atoms with Gasteiger partial charge in [0.25, 0.3) is 0 Å². The highest BCUT2D eigenvalue weighted by Gasteiger charge is 2.18. The predicted molar refractivity (Wildman–Crippen MR) is 87.0 cm³/mol. The monoisotopic (exact) mass is 316 g/mol. The number of aliphatic carboxylic acids is 1. The Kier molecular flexibility index (Phi) is 9.81. The molecule has 0 rings (SSSR count). The minimum Gasteiger partial charge on any atom is -0.481 e. The Morgan fingerprint density at radius 3 is 2.36 bits per heavy atom. The van der Waals surface area contributed by atoms with Crippen LogP contribution < -0.4 is 10.6 Å². The highest BCUT2D eigenvalue weighted by atomic mass is 16.6. The molecule has 6 heteroatoms. The molecule has 0 bridgehead atoms. The van der Waals surface area contributed by atoms with Crippen LogP contribution in [0.2, 0.25) is 0 Å². The topological polar surface area (TPSA) is 87.7 Å². The first-order valence-corrected chi connectivity index (χ1v) is 8.08. The van der Waals surface area contributed by atoms with Crippen LogP contribution in [0.15, 0.2) is 0 Å². The second-order valence-electron chi connectivity index (χ2n) is 6.72. The number of hydrogen-bond donors (Lipinski definition) is 3. The van der Waals surface area contributed by atoms with E-state index in [1.165, 1.54) is 0 Å². The predicted octanol–water partition coefficient (Wildman–Crippen LogP) is 2.91. The third-order valence-electron chi connectivity index (χ3n) is 3.11. The first-order valence-electron chi connectivity index (χ1n) is 8.08. The summed E-state index contributed by atoms with van der Waals surface area (Å²) in [4.78, 5) is 22.3. The van der Waals surface area contributed by atoms with Gasteiger partial charge in [-0.3, -0.25) is 4.79 Å². The molecule has 2 unspecified atom stereocenters. The number of alkyl carbamates (subject to hydrolysis) is 1. The van der Waals surface area contributed by atoms with Crippen LogP contribution in [0.1, 0.15) is 66.7 Å². The first-order chi connectivity index (χ1) is 10.1. The van der Waals surface area contributed by atoms with Crippen LogP contribution in [0.25, 0.3) is 0 Å². The maximum Gasteiger partial charge on any atom is 0.407 e. The van der Waals surface area contributed by atoms with E-state index in [4.69, 9.17) is 9.84 Å². The van der Waals surface area contributed by atoms with E-state index in [2.05, 4.69) is 17.6 Å². The Balaban J connectivity index is 4.27. The van der Waals surface area contributed by atoms with Gasteiger partial charge in [0.1, 0.15) is 5.60 Å². The molecule has 2 atom stereocenters. The molecule has 0 saturated carbocycles. The van der Waals surface area contributed by atoms with E-state index < -0.39 is 17.7 Å². The zero-order valence-electron chi connectivity index (χ0n) is 14.6. The van der Waals surface area contributed by atoms with Crippen molar-refractivity contribution in [1.82, 2.24) is 10.6 Å². The Morgan fingerprint density at radius 1 is 1.23 bits per heavy atom. The highest BCUT2D eigenvalue weighted by molar-refractivity contribution is 5.67. The molecule has 0 aromatic carbocycles. The lowest BCUT2D eigenvalue weighted by Crippen LogP contribution is -2.45. The van der Waals surface area contributed by atoms with Crippen LogP contribution in [0.3, 0.4) is 0 Å². The van der Waals surface area contributed by atoms with Gasteiger partial charge < -0.3 is 20.5 Å². The average molecular weight is 316 g/mol. The fraction of sp³-hybridized carbons (Fsp3) is 0.875. The Morgan fingerprint density at radius 2 is 1.86 bits per heavy atom. The van der Waals surface area contributed by atoms with Gasteiger partial charge in [-0.2, -0.15) is 0 Å². The second kappa shape index (κ2) is 10.4. The smallest absolute Gasteiger partial charge is 0.407 e. The molecule has 22 heavy (non-hydrogen) atoms. The summed E-state index contributed by atoms with van der Waals surface area (Å²) >= 11 is 0. The van der Waals surface area contributed by atoms with Gasteiger partial charge in [-0.05, 0) is 40.5 Å². The number of nitrogens with one attached hydrogen (secondary N) is 2. The Hall–Kier alpha value is -1.30. The second-order valence-corrected chi connectivity index (χ2v) is 6.72. The largest absolute Gasteiger partial charge is 0.481 e. The maximum atomic E-state index is 11.7. The fourth-order valence-electron chi connectivity index (χ4n) is 2.04. The molecule has 3 N–H and O–H groups in total. The van der Waals surface area contributed by atoms with E-state index in [0.29, 0.717) is 13.0 Å². The summed E-state index contributed by atoms with van der Waals surface area (Å²) in [5.41, 5.74) is -0.509. The summed E-state index contributed by atoms with van der Waals surface area (Å²) in [7, 11) is 0. The highest BCUT2D eigenvalue weighted by Crippen LogP contribution is 2.07. The standard InChI is InChI=1S/C16H32N2O4/c1-6-7-8-13(18-12(2)9-10-14(19)20)11-17-15(21)22-16(3,4)5/h12-13,18H,6-11H2,1-5H3,(H,17,21)(H,19,20). The van der Waals surface area contributed by atoms with Gasteiger partial charge in [0.15, 0.2) is 0 Å². The lowest BCUT2D eigenvalue weighted by molar-refractivity contribution is -0.137. The molecule has 130 valence electrons. The van der Waals surface area contributed by atoms with Crippen molar-refractivity contribution in [3.8, 4) is 0 Å². The molecule has 0 aromatic heterocycles. The summed E-state index contributed by atoms with van der Waals surface area (Å²) in [6.45, 7) is 10.0. The van der Waals surface area contributed by atoms with Gasteiger partial charge in [0.2, 0.25) is 0 Å². The number of unbranched alkanes of at least 4 members (excludes halogenated alkanes) is 1. The van der Waals surface area contributed by atoms with Crippen LogP contribution in [0.5, 0.6) is 0 Å². The van der Waals surface area contributed by atoms with E-state index in [0.717, 1.165) is 19.3 Å². The Bertz CT molecular complexity index is 340. The van der Waals surface area contributed by atoms with Crippen molar-refractivity contribution >= 4 is 12.1 Å². The van der Waals surface area contributed by atoms with Crippen molar-refractivity contribution in [2.45, 2.75) is 84.4 Å². The van der Waals surface area contributed by atoms with Gasteiger partial charge in [-0.15, -0.1) is 0 Å². The van der Waals surface area contributed by atoms with Gasteiger partial charge in [-0.25, -0.2) is 4.79 Å². The van der Waals surface area contributed by atoms with Crippen molar-refractivity contribution in [2.24, 2.45) is 0 Å². The number of carboxylic acids is 1. The van der Waals surface area contributed by atoms with Gasteiger partial charge in [0.05, 0.1) is 0 Å². The molecule has 0 aliphatic carbocycles. The molecular weight excluding hydrogens is 284 g/mol. The lowest BCUT2D eigenvalue weighted by atomic mass is 10.1. The minimum atomic E-state index is -0.786. The number of carbonyl (C=O) groups excluding carboxylic acids is 1. The van der Waals surface area contributed by atoms with Crippen LogP contribution in [0, 0.1) is 0 Å². The number of rotatable bonds is 10. The van der Waals surface area contributed by atoms with E-state index in [1.807, 2.05) is 27.7 Å². The van der Waals surface area contributed by atoms with Crippen LogP contribution >= 0.6 is 0 Å². The molecule has 0 heterocycles. The van der Waals surface area contributed by atoms with E-state index in [-0.39, 0.29) is 18.5 Å². The summed E-state index contributed by atoms with van der Waals surface area (Å²) < 4.78 is 5.22. The summed E-state index contributed by atoms with van der Waals surface area (Å²) in [6, 6.07) is 0.217. The molecule has 0 spiro atoms. The lowest BCUT2D eigenvalue weighted by Gasteiger charge is -2.25. The third kappa shape index (κ3) is 12.4. The molecule has 6 nitrogen and oxygen atoms in total. The Labute approximate surface area is 134 Å². The zero-order valence-corrected chi connectivity index (χ0v) is 14.6. The molecule has 1 amide bonds. The van der Waals surface area contributed by atoms with E-state index in [1.54, 1.807) is 0 Å². The van der Waals surface area contributed by atoms with Crippen molar-refractivity contribution in [3.63, 3.8) is 0 Å². The third-order valence-corrected chi connectivity index (χ3v) is 3.11. The quantitative estimate of drug-likeness (QED) is 0.577.